The monoisotopic (exact) mass is 257 g/mol. The van der Waals surface area contributed by atoms with Gasteiger partial charge in [0.1, 0.15) is 6.29 Å². The Balaban J connectivity index is 1.76. The van der Waals surface area contributed by atoms with Gasteiger partial charge in [-0.15, -0.1) is 0 Å². The molecule has 0 N–H and O–H groups in total. The number of hydrogen-bond acceptors (Lipinski definition) is 2. The van der Waals surface area contributed by atoms with E-state index in [0.29, 0.717) is 0 Å². The summed E-state index contributed by atoms with van der Waals surface area (Å²) < 4.78 is 0. The second kappa shape index (κ2) is 4.99. The topological polar surface area (TPSA) is 20.3 Å². The van der Waals surface area contributed by atoms with Gasteiger partial charge in [-0.05, 0) is 49.7 Å². The highest BCUT2D eigenvalue weighted by Crippen LogP contribution is 2.40. The molecule has 1 saturated carbocycles. The minimum absolute atomic E-state index is 0.0933. The number of carbonyl (C=O) groups is 1. The molecule has 0 saturated heterocycles. The summed E-state index contributed by atoms with van der Waals surface area (Å²) in [5.41, 5.74) is 2.69. The maximum Gasteiger partial charge on any atom is 0.127 e. The first kappa shape index (κ1) is 12.7. The molecule has 2 nitrogen and oxygen atoms in total. The average Bonchev–Trinajstić information content (AvgIpc) is 2.85. The molecule has 0 aromatic heterocycles. The van der Waals surface area contributed by atoms with Gasteiger partial charge in [0, 0.05) is 24.2 Å². The summed E-state index contributed by atoms with van der Waals surface area (Å²) in [6, 6.07) is 8.63. The van der Waals surface area contributed by atoms with E-state index in [-0.39, 0.29) is 5.41 Å². The average molecular weight is 257 g/mol. The van der Waals surface area contributed by atoms with Crippen LogP contribution in [0.4, 0.5) is 5.69 Å². The Bertz CT molecular complexity index is 460. The van der Waals surface area contributed by atoms with Crippen molar-refractivity contribution in [2.75, 3.05) is 18.0 Å². The predicted octanol–water partition coefficient (Wildman–Crippen LogP) is 3.44. The summed E-state index contributed by atoms with van der Waals surface area (Å²) in [4.78, 5) is 14.1. The van der Waals surface area contributed by atoms with Crippen molar-refractivity contribution in [1.29, 1.82) is 0 Å². The molecule has 2 aliphatic rings. The van der Waals surface area contributed by atoms with Gasteiger partial charge in [-0.3, -0.25) is 0 Å². The van der Waals surface area contributed by atoms with E-state index in [0.717, 1.165) is 38.3 Å². The van der Waals surface area contributed by atoms with E-state index in [9.17, 15) is 4.79 Å². The fourth-order valence-corrected chi connectivity index (χ4v) is 3.60. The second-order valence-corrected chi connectivity index (χ2v) is 6.46. The fourth-order valence-electron chi connectivity index (χ4n) is 3.60. The Morgan fingerprint density at radius 2 is 2.05 bits per heavy atom. The predicted molar refractivity (Wildman–Crippen MR) is 78.5 cm³/mol. The Kier molecular flexibility index (Phi) is 3.34. The van der Waals surface area contributed by atoms with Crippen LogP contribution in [0.3, 0.4) is 0 Å². The zero-order chi connectivity index (χ0) is 13.3. The van der Waals surface area contributed by atoms with Gasteiger partial charge < -0.3 is 9.69 Å². The van der Waals surface area contributed by atoms with Crippen molar-refractivity contribution in [2.45, 2.75) is 39.0 Å². The number of aldehydes is 1. The van der Waals surface area contributed by atoms with Gasteiger partial charge in [0.2, 0.25) is 0 Å². The molecule has 0 unspecified atom stereocenters. The van der Waals surface area contributed by atoms with Gasteiger partial charge in [-0.1, -0.05) is 25.1 Å². The number of para-hydroxylation sites is 1. The maximum absolute atomic E-state index is 11.7. The number of anilines is 1. The Morgan fingerprint density at radius 1 is 1.32 bits per heavy atom. The molecule has 2 heteroatoms. The lowest BCUT2D eigenvalue weighted by Gasteiger charge is -2.38. The lowest BCUT2D eigenvalue weighted by molar-refractivity contribution is -0.117. The molecular formula is C17H23NO. The van der Waals surface area contributed by atoms with Crippen LogP contribution in [-0.2, 0) is 11.2 Å². The highest BCUT2D eigenvalue weighted by Gasteiger charge is 2.37. The smallest absolute Gasteiger partial charge is 0.127 e. The molecule has 1 aromatic rings. The van der Waals surface area contributed by atoms with Crippen molar-refractivity contribution in [1.82, 2.24) is 0 Å². The quantitative estimate of drug-likeness (QED) is 0.773. The molecule has 1 heterocycles. The zero-order valence-electron chi connectivity index (χ0n) is 11.8. The number of fused-ring (bicyclic) bond motifs is 1. The lowest BCUT2D eigenvalue weighted by Crippen LogP contribution is -2.40. The van der Waals surface area contributed by atoms with Crippen LogP contribution in [-0.4, -0.2) is 19.4 Å². The van der Waals surface area contributed by atoms with E-state index in [1.165, 1.54) is 30.4 Å². The summed E-state index contributed by atoms with van der Waals surface area (Å²) in [6.07, 6.45) is 6.91. The molecule has 1 aliphatic carbocycles. The van der Waals surface area contributed by atoms with Crippen LogP contribution in [0.15, 0.2) is 24.3 Å². The fraction of sp³-hybridized carbons (Fsp3) is 0.588. The summed E-state index contributed by atoms with van der Waals surface area (Å²) >= 11 is 0. The molecule has 3 rings (SSSR count). The molecule has 0 atom stereocenters. The minimum Gasteiger partial charge on any atom is -0.370 e. The minimum atomic E-state index is -0.0933. The Morgan fingerprint density at radius 3 is 2.79 bits per heavy atom. The summed E-state index contributed by atoms with van der Waals surface area (Å²) in [7, 11) is 0. The van der Waals surface area contributed by atoms with Crippen molar-refractivity contribution >= 4 is 12.0 Å². The Labute approximate surface area is 115 Å². The maximum atomic E-state index is 11.7. The normalized spacial score (nSPS) is 30.2. The third-order valence-corrected chi connectivity index (χ3v) is 5.01. The van der Waals surface area contributed by atoms with Gasteiger partial charge in [0.15, 0.2) is 0 Å². The van der Waals surface area contributed by atoms with Crippen molar-refractivity contribution in [3.05, 3.63) is 29.8 Å². The van der Waals surface area contributed by atoms with Gasteiger partial charge in [0.05, 0.1) is 0 Å². The van der Waals surface area contributed by atoms with Crippen LogP contribution in [0.1, 0.15) is 38.2 Å². The molecule has 1 aliphatic heterocycles. The number of nitrogens with zero attached hydrogens (tertiary/aromatic N) is 1. The first-order valence-corrected chi connectivity index (χ1v) is 7.52. The van der Waals surface area contributed by atoms with Gasteiger partial charge in [-0.25, -0.2) is 0 Å². The largest absolute Gasteiger partial charge is 0.370 e. The molecule has 0 spiro atoms. The number of hydrogen-bond donors (Lipinski definition) is 0. The second-order valence-electron chi connectivity index (χ2n) is 6.46. The van der Waals surface area contributed by atoms with Crippen molar-refractivity contribution < 1.29 is 4.79 Å². The molecule has 0 bridgehead atoms. The summed E-state index contributed by atoms with van der Waals surface area (Å²) in [5, 5.41) is 0. The zero-order valence-corrected chi connectivity index (χ0v) is 11.8. The first-order chi connectivity index (χ1) is 9.22. The van der Waals surface area contributed by atoms with Crippen molar-refractivity contribution in [3.8, 4) is 0 Å². The molecule has 0 amide bonds. The van der Waals surface area contributed by atoms with E-state index in [2.05, 4.69) is 36.1 Å². The third-order valence-electron chi connectivity index (χ3n) is 5.01. The summed E-state index contributed by atoms with van der Waals surface area (Å²) in [6.45, 7) is 4.30. The van der Waals surface area contributed by atoms with Crippen LogP contribution in [0.25, 0.3) is 0 Å². The van der Waals surface area contributed by atoms with Gasteiger partial charge in [0.25, 0.3) is 0 Å². The lowest BCUT2D eigenvalue weighted by atomic mass is 9.71. The molecule has 19 heavy (non-hydrogen) atoms. The number of carbonyl (C=O) groups excluding carboxylic acids is 1. The highest BCUT2D eigenvalue weighted by molar-refractivity contribution is 5.64. The molecule has 102 valence electrons. The molecular weight excluding hydrogens is 234 g/mol. The molecule has 1 fully saturated rings. The SMILES string of the molecule is CC1CCC(C=O)(CN2CCc3ccccc32)CC1. The van der Waals surface area contributed by atoms with Crippen LogP contribution in [0, 0.1) is 11.3 Å². The van der Waals surface area contributed by atoms with E-state index < -0.39 is 0 Å². The third kappa shape index (κ3) is 2.41. The van der Waals surface area contributed by atoms with Crippen LogP contribution >= 0.6 is 0 Å². The van der Waals surface area contributed by atoms with Crippen LogP contribution < -0.4 is 4.90 Å². The number of benzene rings is 1. The Hall–Kier alpha value is -1.31. The van der Waals surface area contributed by atoms with Crippen LogP contribution in [0.5, 0.6) is 0 Å². The van der Waals surface area contributed by atoms with Crippen molar-refractivity contribution in [2.24, 2.45) is 11.3 Å². The summed E-state index contributed by atoms with van der Waals surface area (Å²) in [5.74, 6) is 0.791. The van der Waals surface area contributed by atoms with E-state index in [1.54, 1.807) is 0 Å². The van der Waals surface area contributed by atoms with E-state index >= 15 is 0 Å². The molecule has 0 radical (unpaired) electrons. The molecule has 1 aromatic carbocycles. The first-order valence-electron chi connectivity index (χ1n) is 7.52. The van der Waals surface area contributed by atoms with Crippen LogP contribution in [0.2, 0.25) is 0 Å². The van der Waals surface area contributed by atoms with E-state index in [4.69, 9.17) is 0 Å². The standard InChI is InChI=1S/C17H23NO/c1-14-6-9-17(13-19,10-7-14)12-18-11-8-15-4-2-3-5-16(15)18/h2-5,13-14H,6-12H2,1H3. The highest BCUT2D eigenvalue weighted by atomic mass is 16.1. The van der Waals surface area contributed by atoms with Gasteiger partial charge >= 0.3 is 0 Å². The van der Waals surface area contributed by atoms with Gasteiger partial charge in [-0.2, -0.15) is 0 Å². The van der Waals surface area contributed by atoms with E-state index in [1.807, 2.05) is 0 Å². The van der Waals surface area contributed by atoms with Crippen molar-refractivity contribution in [3.63, 3.8) is 0 Å². The number of rotatable bonds is 3.